The SMILES string of the molecule is Cc1ccc(OCC(=O)NCCOc2ccc(-c3ccc(F)cc3)nn2)cc1C. The van der Waals surface area contributed by atoms with Crippen molar-refractivity contribution in [1.29, 1.82) is 0 Å². The van der Waals surface area contributed by atoms with E-state index in [1.807, 2.05) is 32.0 Å². The third-order valence-electron chi connectivity index (χ3n) is 4.30. The molecule has 150 valence electrons. The smallest absolute Gasteiger partial charge is 0.258 e. The zero-order chi connectivity index (χ0) is 20.6. The summed E-state index contributed by atoms with van der Waals surface area (Å²) >= 11 is 0. The van der Waals surface area contributed by atoms with Crippen molar-refractivity contribution in [2.75, 3.05) is 19.8 Å². The number of nitrogens with zero attached hydrogens (tertiary/aromatic N) is 2. The van der Waals surface area contributed by atoms with Gasteiger partial charge < -0.3 is 14.8 Å². The van der Waals surface area contributed by atoms with E-state index in [2.05, 4.69) is 15.5 Å². The molecule has 0 spiro atoms. The summed E-state index contributed by atoms with van der Waals surface area (Å²) in [6.07, 6.45) is 0. The number of hydrogen-bond acceptors (Lipinski definition) is 5. The summed E-state index contributed by atoms with van der Waals surface area (Å²) in [4.78, 5) is 11.9. The molecule has 0 saturated heterocycles. The number of nitrogens with one attached hydrogen (secondary N) is 1. The molecule has 0 aliphatic rings. The van der Waals surface area contributed by atoms with Gasteiger partial charge in [0.15, 0.2) is 6.61 Å². The molecule has 3 aromatic rings. The van der Waals surface area contributed by atoms with Crippen LogP contribution in [-0.4, -0.2) is 35.9 Å². The predicted octanol–water partition coefficient (Wildman–Crippen LogP) is 3.47. The monoisotopic (exact) mass is 395 g/mol. The number of aryl methyl sites for hydroxylation is 2. The quantitative estimate of drug-likeness (QED) is 0.591. The molecule has 0 fully saturated rings. The van der Waals surface area contributed by atoms with Crippen molar-refractivity contribution in [2.45, 2.75) is 13.8 Å². The fraction of sp³-hybridized carbons (Fsp3) is 0.227. The van der Waals surface area contributed by atoms with Crippen LogP contribution in [0.15, 0.2) is 54.6 Å². The number of amides is 1. The summed E-state index contributed by atoms with van der Waals surface area (Å²) in [6, 6.07) is 15.1. The molecule has 0 radical (unpaired) electrons. The summed E-state index contributed by atoms with van der Waals surface area (Å²) < 4.78 is 23.9. The average Bonchev–Trinajstić information content (AvgIpc) is 2.73. The Kier molecular flexibility index (Phi) is 6.73. The predicted molar refractivity (Wildman–Crippen MR) is 107 cm³/mol. The number of rotatable bonds is 8. The molecule has 29 heavy (non-hydrogen) atoms. The minimum absolute atomic E-state index is 0.0608. The lowest BCUT2D eigenvalue weighted by Gasteiger charge is -2.09. The molecule has 0 aliphatic carbocycles. The Morgan fingerprint density at radius 3 is 2.45 bits per heavy atom. The number of halogens is 1. The number of hydrogen-bond donors (Lipinski definition) is 1. The summed E-state index contributed by atoms with van der Waals surface area (Å²) in [5.74, 6) is 0.472. The standard InChI is InChI=1S/C22H22FN3O3/c1-15-3-8-19(13-16(15)2)29-14-21(27)24-11-12-28-22-10-9-20(25-26-22)17-4-6-18(23)7-5-17/h3-10,13H,11-12,14H2,1-2H3,(H,24,27). The highest BCUT2D eigenvalue weighted by Crippen LogP contribution is 2.18. The van der Waals surface area contributed by atoms with Gasteiger partial charge in [-0.1, -0.05) is 6.07 Å². The van der Waals surface area contributed by atoms with Gasteiger partial charge in [0.1, 0.15) is 18.2 Å². The van der Waals surface area contributed by atoms with E-state index >= 15 is 0 Å². The van der Waals surface area contributed by atoms with Gasteiger partial charge in [0.25, 0.3) is 5.91 Å². The highest BCUT2D eigenvalue weighted by molar-refractivity contribution is 5.77. The van der Waals surface area contributed by atoms with Gasteiger partial charge in [-0.15, -0.1) is 10.2 Å². The molecular weight excluding hydrogens is 373 g/mol. The minimum atomic E-state index is -0.303. The van der Waals surface area contributed by atoms with E-state index in [1.54, 1.807) is 24.3 Å². The number of benzene rings is 2. The second-order valence-electron chi connectivity index (χ2n) is 6.50. The van der Waals surface area contributed by atoms with Crippen LogP contribution in [0.3, 0.4) is 0 Å². The molecule has 6 nitrogen and oxygen atoms in total. The van der Waals surface area contributed by atoms with Gasteiger partial charge in [-0.3, -0.25) is 4.79 Å². The lowest BCUT2D eigenvalue weighted by atomic mass is 10.1. The van der Waals surface area contributed by atoms with Gasteiger partial charge in [-0.05, 0) is 67.4 Å². The summed E-state index contributed by atoms with van der Waals surface area (Å²) in [5.41, 5.74) is 3.67. The topological polar surface area (TPSA) is 73.3 Å². The van der Waals surface area contributed by atoms with Crippen molar-refractivity contribution < 1.29 is 18.7 Å². The summed E-state index contributed by atoms with van der Waals surface area (Å²) in [7, 11) is 0. The molecular formula is C22H22FN3O3. The number of ether oxygens (including phenoxy) is 2. The molecule has 0 bridgehead atoms. The maximum absolute atomic E-state index is 13.0. The van der Waals surface area contributed by atoms with Crippen LogP contribution in [0.1, 0.15) is 11.1 Å². The van der Waals surface area contributed by atoms with Crippen LogP contribution in [0.25, 0.3) is 11.3 Å². The lowest BCUT2D eigenvalue weighted by Crippen LogP contribution is -2.32. The Labute approximate surface area is 168 Å². The average molecular weight is 395 g/mol. The molecule has 0 saturated carbocycles. The molecule has 1 N–H and O–H groups in total. The van der Waals surface area contributed by atoms with Gasteiger partial charge in [0.05, 0.1) is 12.2 Å². The Morgan fingerprint density at radius 2 is 1.76 bits per heavy atom. The van der Waals surface area contributed by atoms with E-state index in [0.29, 0.717) is 23.9 Å². The first-order valence-corrected chi connectivity index (χ1v) is 9.20. The molecule has 1 heterocycles. The first-order valence-electron chi connectivity index (χ1n) is 9.20. The molecule has 3 rings (SSSR count). The van der Waals surface area contributed by atoms with E-state index in [0.717, 1.165) is 11.1 Å². The second kappa shape index (κ2) is 9.64. The zero-order valence-corrected chi connectivity index (χ0v) is 16.3. The highest BCUT2D eigenvalue weighted by atomic mass is 19.1. The van der Waals surface area contributed by atoms with E-state index in [-0.39, 0.29) is 24.9 Å². The Bertz CT molecular complexity index is 960. The number of carbonyl (C=O) groups excluding carboxylic acids is 1. The van der Waals surface area contributed by atoms with Gasteiger partial charge in [0, 0.05) is 11.6 Å². The maximum atomic E-state index is 13.0. The van der Waals surface area contributed by atoms with Crippen molar-refractivity contribution >= 4 is 5.91 Å². The van der Waals surface area contributed by atoms with E-state index in [4.69, 9.17) is 9.47 Å². The second-order valence-corrected chi connectivity index (χ2v) is 6.50. The third kappa shape index (κ3) is 6.00. The van der Waals surface area contributed by atoms with E-state index < -0.39 is 0 Å². The fourth-order valence-corrected chi connectivity index (χ4v) is 2.52. The van der Waals surface area contributed by atoms with Crippen molar-refractivity contribution in [3.05, 3.63) is 71.5 Å². The first-order chi connectivity index (χ1) is 14.0. The van der Waals surface area contributed by atoms with Crippen LogP contribution < -0.4 is 14.8 Å². The Morgan fingerprint density at radius 1 is 0.966 bits per heavy atom. The van der Waals surface area contributed by atoms with Crippen LogP contribution in [0.5, 0.6) is 11.6 Å². The van der Waals surface area contributed by atoms with Crippen LogP contribution in [0.4, 0.5) is 4.39 Å². The van der Waals surface area contributed by atoms with Crippen LogP contribution in [0, 0.1) is 19.7 Å². The summed E-state index contributed by atoms with van der Waals surface area (Å²) in [5, 5.41) is 10.8. The zero-order valence-electron chi connectivity index (χ0n) is 16.3. The third-order valence-corrected chi connectivity index (χ3v) is 4.30. The lowest BCUT2D eigenvalue weighted by molar-refractivity contribution is -0.123. The highest BCUT2D eigenvalue weighted by Gasteiger charge is 2.05. The van der Waals surface area contributed by atoms with Crippen LogP contribution in [-0.2, 0) is 4.79 Å². The van der Waals surface area contributed by atoms with Gasteiger partial charge in [0.2, 0.25) is 5.88 Å². The summed E-state index contributed by atoms with van der Waals surface area (Å²) in [6.45, 7) is 4.52. The van der Waals surface area contributed by atoms with Crippen molar-refractivity contribution in [2.24, 2.45) is 0 Å². The molecule has 0 atom stereocenters. The van der Waals surface area contributed by atoms with Crippen LogP contribution >= 0.6 is 0 Å². The van der Waals surface area contributed by atoms with Gasteiger partial charge in [-0.2, -0.15) is 0 Å². The molecule has 7 heteroatoms. The largest absolute Gasteiger partial charge is 0.484 e. The van der Waals surface area contributed by atoms with Crippen molar-refractivity contribution in [1.82, 2.24) is 15.5 Å². The Balaban J connectivity index is 1.38. The van der Waals surface area contributed by atoms with Crippen molar-refractivity contribution in [3.63, 3.8) is 0 Å². The molecule has 0 aliphatic heterocycles. The molecule has 0 unspecified atom stereocenters. The minimum Gasteiger partial charge on any atom is -0.484 e. The molecule has 1 aromatic heterocycles. The first kappa shape index (κ1) is 20.3. The maximum Gasteiger partial charge on any atom is 0.258 e. The van der Waals surface area contributed by atoms with Gasteiger partial charge >= 0.3 is 0 Å². The Hall–Kier alpha value is -3.48. The number of carbonyl (C=O) groups is 1. The fourth-order valence-electron chi connectivity index (χ4n) is 2.52. The number of aromatic nitrogens is 2. The molecule has 2 aromatic carbocycles. The van der Waals surface area contributed by atoms with Crippen molar-refractivity contribution in [3.8, 4) is 22.9 Å². The van der Waals surface area contributed by atoms with Gasteiger partial charge in [-0.25, -0.2) is 4.39 Å². The van der Waals surface area contributed by atoms with E-state index in [9.17, 15) is 9.18 Å². The normalized spacial score (nSPS) is 10.4. The van der Waals surface area contributed by atoms with Crippen LogP contribution in [0.2, 0.25) is 0 Å². The van der Waals surface area contributed by atoms with E-state index in [1.165, 1.54) is 17.7 Å². The molecule has 1 amide bonds.